The third-order valence-corrected chi connectivity index (χ3v) is 3.90. The molecule has 0 radical (unpaired) electrons. The van der Waals surface area contributed by atoms with E-state index in [1.165, 1.54) is 0 Å². The number of ether oxygens (including phenoxy) is 2. The number of anilines is 1. The van der Waals surface area contributed by atoms with Gasteiger partial charge in [-0.25, -0.2) is 0 Å². The van der Waals surface area contributed by atoms with Crippen molar-refractivity contribution in [3.63, 3.8) is 0 Å². The molecule has 0 fully saturated rings. The zero-order valence-electron chi connectivity index (χ0n) is 15.6. The molecule has 28 heavy (non-hydrogen) atoms. The van der Waals surface area contributed by atoms with Crippen LogP contribution >= 0.6 is 11.6 Å². The number of benzene rings is 2. The molecule has 2 rings (SSSR count). The van der Waals surface area contributed by atoms with Crippen molar-refractivity contribution in [1.29, 1.82) is 0 Å². The first kappa shape index (κ1) is 21.2. The van der Waals surface area contributed by atoms with Gasteiger partial charge in [-0.1, -0.05) is 17.7 Å². The summed E-state index contributed by atoms with van der Waals surface area (Å²) in [5.74, 6) is -1.05. The van der Waals surface area contributed by atoms with E-state index in [9.17, 15) is 14.4 Å². The zero-order valence-corrected chi connectivity index (χ0v) is 16.3. The Morgan fingerprint density at radius 2 is 1.79 bits per heavy atom. The predicted octanol–water partition coefficient (Wildman–Crippen LogP) is 2.96. The summed E-state index contributed by atoms with van der Waals surface area (Å²) < 4.78 is 10.1. The summed E-state index contributed by atoms with van der Waals surface area (Å²) in [5.41, 5.74) is 1.76. The average Bonchev–Trinajstić information content (AvgIpc) is 2.67. The number of rotatable bonds is 8. The van der Waals surface area contributed by atoms with Gasteiger partial charge >= 0.3 is 5.97 Å². The molecule has 0 saturated carbocycles. The van der Waals surface area contributed by atoms with Gasteiger partial charge in [0, 0.05) is 5.56 Å². The summed E-state index contributed by atoms with van der Waals surface area (Å²) in [5, 5.41) is 5.37. The van der Waals surface area contributed by atoms with E-state index in [1.807, 2.05) is 13.8 Å². The average molecular weight is 405 g/mol. The number of hydrogen-bond donors (Lipinski definition) is 2. The second kappa shape index (κ2) is 10.3. The van der Waals surface area contributed by atoms with Gasteiger partial charge in [-0.15, -0.1) is 0 Å². The maximum Gasteiger partial charge on any atom is 0.325 e. The predicted molar refractivity (Wildman–Crippen MR) is 106 cm³/mol. The first-order valence-corrected chi connectivity index (χ1v) is 8.99. The van der Waals surface area contributed by atoms with Crippen LogP contribution in [0.3, 0.4) is 0 Å². The van der Waals surface area contributed by atoms with Crippen LogP contribution in [0.25, 0.3) is 0 Å². The molecular weight excluding hydrogens is 384 g/mol. The van der Waals surface area contributed by atoms with Crippen LogP contribution in [0.4, 0.5) is 5.69 Å². The van der Waals surface area contributed by atoms with Crippen molar-refractivity contribution in [2.45, 2.75) is 13.8 Å². The van der Waals surface area contributed by atoms with E-state index < -0.39 is 24.4 Å². The lowest BCUT2D eigenvalue weighted by Gasteiger charge is -2.09. The third-order valence-electron chi connectivity index (χ3n) is 3.58. The lowest BCUT2D eigenvalue weighted by Crippen LogP contribution is -2.32. The summed E-state index contributed by atoms with van der Waals surface area (Å²) in [6.45, 7) is 3.43. The first-order valence-electron chi connectivity index (χ1n) is 8.61. The molecule has 2 aromatic carbocycles. The third kappa shape index (κ3) is 6.59. The van der Waals surface area contributed by atoms with Gasteiger partial charge in [-0.3, -0.25) is 14.4 Å². The SMILES string of the molecule is CCOc1ccc(C(=O)NCC(=O)OCC(=O)Nc2ccc(C)cc2Cl)cc1. The van der Waals surface area contributed by atoms with E-state index in [0.29, 0.717) is 28.6 Å². The highest BCUT2D eigenvalue weighted by Gasteiger charge is 2.12. The van der Waals surface area contributed by atoms with Crippen LogP contribution in [0.15, 0.2) is 42.5 Å². The van der Waals surface area contributed by atoms with E-state index >= 15 is 0 Å². The first-order chi connectivity index (χ1) is 13.4. The van der Waals surface area contributed by atoms with Crippen LogP contribution < -0.4 is 15.4 Å². The Morgan fingerprint density at radius 3 is 2.43 bits per heavy atom. The van der Waals surface area contributed by atoms with Crippen molar-refractivity contribution < 1.29 is 23.9 Å². The highest BCUT2D eigenvalue weighted by molar-refractivity contribution is 6.33. The molecule has 0 atom stereocenters. The maximum atomic E-state index is 12.0. The molecule has 0 spiro atoms. The van der Waals surface area contributed by atoms with Gasteiger partial charge in [0.1, 0.15) is 12.3 Å². The second-order valence-electron chi connectivity index (χ2n) is 5.83. The molecular formula is C20H21ClN2O5. The minimum absolute atomic E-state index is 0.357. The fourth-order valence-electron chi connectivity index (χ4n) is 2.23. The molecule has 2 N–H and O–H groups in total. The second-order valence-corrected chi connectivity index (χ2v) is 6.24. The van der Waals surface area contributed by atoms with E-state index in [4.69, 9.17) is 21.1 Å². The number of carbonyl (C=O) groups excluding carboxylic acids is 3. The molecule has 0 unspecified atom stereocenters. The Balaban J connectivity index is 1.74. The van der Waals surface area contributed by atoms with Crippen molar-refractivity contribution in [1.82, 2.24) is 5.32 Å². The summed E-state index contributed by atoms with van der Waals surface area (Å²) in [7, 11) is 0. The topological polar surface area (TPSA) is 93.7 Å². The molecule has 0 saturated heterocycles. The largest absolute Gasteiger partial charge is 0.494 e. The van der Waals surface area contributed by atoms with Crippen LogP contribution in [0, 0.1) is 6.92 Å². The van der Waals surface area contributed by atoms with Crippen LogP contribution in [0.5, 0.6) is 5.75 Å². The standard InChI is InChI=1S/C20H21ClN2O5/c1-3-27-15-7-5-14(6-8-15)20(26)22-11-19(25)28-12-18(24)23-17-9-4-13(2)10-16(17)21/h4-10H,3,11-12H2,1-2H3,(H,22,26)(H,23,24). The van der Waals surface area contributed by atoms with E-state index in [2.05, 4.69) is 10.6 Å². The molecule has 0 aliphatic rings. The molecule has 0 bridgehead atoms. The van der Waals surface area contributed by atoms with Crippen molar-refractivity contribution >= 4 is 35.1 Å². The number of esters is 1. The lowest BCUT2D eigenvalue weighted by molar-refractivity contribution is -0.146. The van der Waals surface area contributed by atoms with Gasteiger partial charge in [0.15, 0.2) is 6.61 Å². The zero-order chi connectivity index (χ0) is 20.5. The van der Waals surface area contributed by atoms with Crippen LogP contribution in [-0.4, -0.2) is 37.5 Å². The Labute approximate surface area is 168 Å². The van der Waals surface area contributed by atoms with Crippen molar-refractivity contribution in [2.24, 2.45) is 0 Å². The Morgan fingerprint density at radius 1 is 1.07 bits per heavy atom. The number of carbonyl (C=O) groups is 3. The quantitative estimate of drug-likeness (QED) is 0.660. The van der Waals surface area contributed by atoms with E-state index in [0.717, 1.165) is 5.56 Å². The number of amides is 2. The molecule has 0 aromatic heterocycles. The van der Waals surface area contributed by atoms with Crippen molar-refractivity contribution in [2.75, 3.05) is 25.1 Å². The molecule has 0 aliphatic carbocycles. The van der Waals surface area contributed by atoms with Crippen LogP contribution in [-0.2, 0) is 14.3 Å². The summed E-state index contributed by atoms with van der Waals surface area (Å²) in [4.78, 5) is 35.6. The van der Waals surface area contributed by atoms with Gasteiger partial charge in [0.25, 0.3) is 11.8 Å². The number of aryl methyl sites for hydroxylation is 1. The van der Waals surface area contributed by atoms with E-state index in [-0.39, 0.29) is 6.54 Å². The summed E-state index contributed by atoms with van der Waals surface area (Å²) >= 11 is 6.03. The summed E-state index contributed by atoms with van der Waals surface area (Å²) in [6.07, 6.45) is 0. The monoisotopic (exact) mass is 404 g/mol. The highest BCUT2D eigenvalue weighted by atomic mass is 35.5. The number of halogens is 1. The van der Waals surface area contributed by atoms with Crippen molar-refractivity contribution in [3.8, 4) is 5.75 Å². The molecule has 7 nitrogen and oxygen atoms in total. The fourth-order valence-corrected chi connectivity index (χ4v) is 2.51. The molecule has 8 heteroatoms. The van der Waals surface area contributed by atoms with Crippen molar-refractivity contribution in [3.05, 3.63) is 58.6 Å². The normalized spacial score (nSPS) is 10.1. The Bertz CT molecular complexity index is 852. The minimum atomic E-state index is -0.732. The van der Waals surface area contributed by atoms with Gasteiger partial charge in [-0.2, -0.15) is 0 Å². The van der Waals surface area contributed by atoms with Gasteiger partial charge in [-0.05, 0) is 55.8 Å². The molecule has 0 heterocycles. The van der Waals surface area contributed by atoms with Crippen LogP contribution in [0.1, 0.15) is 22.8 Å². The van der Waals surface area contributed by atoms with Gasteiger partial charge in [0.05, 0.1) is 17.3 Å². The summed E-state index contributed by atoms with van der Waals surface area (Å²) in [6, 6.07) is 11.7. The lowest BCUT2D eigenvalue weighted by atomic mass is 10.2. The minimum Gasteiger partial charge on any atom is -0.494 e. The Hall–Kier alpha value is -3.06. The van der Waals surface area contributed by atoms with Gasteiger partial charge < -0.3 is 20.1 Å². The fraction of sp³-hybridized carbons (Fsp3) is 0.250. The highest BCUT2D eigenvalue weighted by Crippen LogP contribution is 2.22. The number of hydrogen-bond acceptors (Lipinski definition) is 5. The molecule has 0 aliphatic heterocycles. The smallest absolute Gasteiger partial charge is 0.325 e. The maximum absolute atomic E-state index is 12.0. The number of nitrogens with one attached hydrogen (secondary N) is 2. The molecule has 2 amide bonds. The molecule has 148 valence electrons. The Kier molecular flexibility index (Phi) is 7.83. The molecule has 2 aromatic rings. The van der Waals surface area contributed by atoms with Crippen LogP contribution in [0.2, 0.25) is 5.02 Å². The van der Waals surface area contributed by atoms with E-state index in [1.54, 1.807) is 42.5 Å². The van der Waals surface area contributed by atoms with Gasteiger partial charge in [0.2, 0.25) is 0 Å².